The van der Waals surface area contributed by atoms with Gasteiger partial charge in [0.05, 0.1) is 10.4 Å². The van der Waals surface area contributed by atoms with Gasteiger partial charge in [-0.1, -0.05) is 62.7 Å². The molecule has 8 heteroatoms. The molecular weight excluding hydrogens is 568 g/mol. The first-order valence-corrected chi connectivity index (χ1v) is 14.4. The molecule has 0 amide bonds. The first-order valence-electron chi connectivity index (χ1n) is 13.6. The van der Waals surface area contributed by atoms with E-state index in [0.29, 0.717) is 26.4 Å². The van der Waals surface area contributed by atoms with E-state index < -0.39 is 23.8 Å². The third-order valence-corrected chi connectivity index (χ3v) is 9.11. The topological polar surface area (TPSA) is 12.9 Å². The number of hydrogen-bond donors (Lipinski definition) is 0. The van der Waals surface area contributed by atoms with Gasteiger partial charge in [0.15, 0.2) is 5.92 Å². The highest BCUT2D eigenvalue weighted by molar-refractivity contribution is 7.23. The summed E-state index contributed by atoms with van der Waals surface area (Å²) in [6.07, 6.45) is -10.3. The van der Waals surface area contributed by atoms with Crippen molar-refractivity contribution in [1.29, 1.82) is 0 Å². The molecule has 0 atom stereocenters. The number of alkyl halides is 6. The number of nitrogens with zero attached hydrogens (tertiary/aromatic N) is 1. The Morgan fingerprint density at radius 1 is 0.786 bits per heavy atom. The van der Waals surface area contributed by atoms with Crippen molar-refractivity contribution in [2.75, 3.05) is 0 Å². The fourth-order valence-electron chi connectivity index (χ4n) is 6.09. The highest BCUT2D eigenvalue weighted by Crippen LogP contribution is 2.53. The van der Waals surface area contributed by atoms with Crippen LogP contribution in [0.5, 0.6) is 0 Å². The monoisotopic (exact) mass is 599 g/mol. The van der Waals surface area contributed by atoms with Crippen LogP contribution in [-0.4, -0.2) is 17.3 Å². The minimum Gasteiger partial charge on any atom is -0.254 e. The molecule has 0 saturated heterocycles. The van der Waals surface area contributed by atoms with Crippen molar-refractivity contribution in [1.82, 2.24) is 4.98 Å². The Bertz CT molecular complexity index is 1800. The average molecular weight is 600 g/mol. The first-order chi connectivity index (χ1) is 19.4. The summed E-state index contributed by atoms with van der Waals surface area (Å²) in [5, 5.41) is 1.91. The van der Waals surface area contributed by atoms with Gasteiger partial charge in [0.1, 0.15) is 0 Å². The predicted molar refractivity (Wildman–Crippen MR) is 160 cm³/mol. The van der Waals surface area contributed by atoms with Gasteiger partial charge in [0, 0.05) is 27.6 Å². The van der Waals surface area contributed by atoms with Crippen LogP contribution in [0.1, 0.15) is 60.1 Å². The smallest absolute Gasteiger partial charge is 0.254 e. The van der Waals surface area contributed by atoms with Crippen molar-refractivity contribution in [3.05, 3.63) is 88.1 Å². The van der Waals surface area contributed by atoms with E-state index in [9.17, 15) is 26.3 Å². The Labute approximate surface area is 245 Å². The van der Waals surface area contributed by atoms with Crippen LogP contribution in [-0.2, 0) is 5.41 Å². The van der Waals surface area contributed by atoms with Crippen molar-refractivity contribution < 1.29 is 26.3 Å². The third-order valence-electron chi connectivity index (χ3n) is 7.80. The molecular formula is C34H31F6NS. The molecule has 1 nitrogen and oxygen atoms in total. The minimum absolute atomic E-state index is 0.0375. The number of benzene rings is 3. The van der Waals surface area contributed by atoms with Crippen molar-refractivity contribution in [3.8, 4) is 21.7 Å². The molecule has 0 saturated carbocycles. The molecule has 5 aromatic rings. The average Bonchev–Trinajstić information content (AvgIpc) is 3.17. The van der Waals surface area contributed by atoms with Crippen LogP contribution < -0.4 is 0 Å². The maximum atomic E-state index is 14.1. The first kappa shape index (κ1) is 30.1. The van der Waals surface area contributed by atoms with Gasteiger partial charge < -0.3 is 0 Å². The van der Waals surface area contributed by atoms with Gasteiger partial charge in [0.25, 0.3) is 0 Å². The zero-order chi connectivity index (χ0) is 30.9. The van der Waals surface area contributed by atoms with Crippen LogP contribution in [0.2, 0.25) is 0 Å². The highest BCUT2D eigenvalue weighted by atomic mass is 32.1. The van der Waals surface area contributed by atoms with Crippen LogP contribution in [0, 0.1) is 27.7 Å². The van der Waals surface area contributed by atoms with Gasteiger partial charge in [-0.2, -0.15) is 26.3 Å². The number of fused-ring (bicyclic) bond motifs is 2. The second kappa shape index (κ2) is 10.1. The van der Waals surface area contributed by atoms with E-state index in [4.69, 9.17) is 0 Å². The minimum atomic E-state index is -5.54. The molecule has 0 aliphatic rings. The van der Waals surface area contributed by atoms with Gasteiger partial charge in [-0.15, -0.1) is 11.3 Å². The number of aromatic nitrogens is 1. The van der Waals surface area contributed by atoms with E-state index in [1.54, 1.807) is 6.92 Å². The Balaban J connectivity index is 1.93. The maximum Gasteiger partial charge on any atom is 0.404 e. The summed E-state index contributed by atoms with van der Waals surface area (Å²) in [4.78, 5) is 5.02. The molecule has 5 rings (SSSR count). The van der Waals surface area contributed by atoms with E-state index in [2.05, 4.69) is 25.8 Å². The normalized spacial score (nSPS) is 13.1. The lowest BCUT2D eigenvalue weighted by atomic mass is 9.82. The van der Waals surface area contributed by atoms with Gasteiger partial charge >= 0.3 is 12.4 Å². The summed E-state index contributed by atoms with van der Waals surface area (Å²) in [6.45, 7) is 13.6. The highest BCUT2D eigenvalue weighted by Gasteiger charge is 2.58. The molecule has 0 radical (unpaired) electrons. The number of hydrogen-bond acceptors (Lipinski definition) is 2. The lowest BCUT2D eigenvalue weighted by Crippen LogP contribution is -2.34. The number of aryl methyl sites for hydroxylation is 4. The van der Waals surface area contributed by atoms with E-state index in [1.807, 2.05) is 69.3 Å². The molecule has 0 bridgehead atoms. The Kier molecular flexibility index (Phi) is 7.24. The predicted octanol–water partition coefficient (Wildman–Crippen LogP) is 11.5. The fourth-order valence-corrected chi connectivity index (χ4v) is 7.62. The van der Waals surface area contributed by atoms with Gasteiger partial charge in [-0.3, -0.25) is 4.98 Å². The van der Waals surface area contributed by atoms with E-state index in [-0.39, 0.29) is 10.8 Å². The maximum absolute atomic E-state index is 14.1. The quantitative estimate of drug-likeness (QED) is 0.188. The summed E-state index contributed by atoms with van der Waals surface area (Å²) in [5.41, 5.74) is 4.93. The zero-order valence-electron chi connectivity index (χ0n) is 24.4. The molecule has 3 aromatic carbocycles. The van der Waals surface area contributed by atoms with Crippen molar-refractivity contribution in [2.24, 2.45) is 0 Å². The lowest BCUT2D eigenvalue weighted by Gasteiger charge is -2.25. The van der Waals surface area contributed by atoms with Gasteiger partial charge in [-0.05, 0) is 83.8 Å². The summed E-state index contributed by atoms with van der Waals surface area (Å²) in [7, 11) is 0. The Morgan fingerprint density at radius 2 is 1.38 bits per heavy atom. The van der Waals surface area contributed by atoms with Crippen LogP contribution in [0.4, 0.5) is 26.3 Å². The van der Waals surface area contributed by atoms with E-state index in [0.717, 1.165) is 44.8 Å². The zero-order valence-corrected chi connectivity index (χ0v) is 25.2. The van der Waals surface area contributed by atoms with Crippen molar-refractivity contribution in [3.63, 3.8) is 0 Å². The largest absolute Gasteiger partial charge is 0.404 e. The third kappa shape index (κ3) is 5.19. The number of pyridine rings is 1. The second-order valence-electron chi connectivity index (χ2n) is 12.1. The van der Waals surface area contributed by atoms with Crippen LogP contribution in [0.3, 0.4) is 0 Å². The Morgan fingerprint density at radius 3 is 1.95 bits per heavy atom. The molecule has 0 spiro atoms. The lowest BCUT2D eigenvalue weighted by molar-refractivity contribution is -0.253. The summed E-state index contributed by atoms with van der Waals surface area (Å²) >= 11 is 1.21. The van der Waals surface area contributed by atoms with Gasteiger partial charge in [-0.25, -0.2) is 0 Å². The number of thiophene rings is 1. The van der Waals surface area contributed by atoms with Crippen molar-refractivity contribution >= 4 is 32.2 Å². The Hall–Kier alpha value is -3.39. The van der Waals surface area contributed by atoms with Gasteiger partial charge in [0.2, 0.25) is 0 Å². The van der Waals surface area contributed by atoms with Crippen LogP contribution in [0.15, 0.2) is 54.7 Å². The molecule has 0 N–H and O–H groups in total. The molecule has 42 heavy (non-hydrogen) atoms. The fraction of sp³-hybridized carbons (Fsp3) is 0.324. The summed E-state index contributed by atoms with van der Waals surface area (Å²) in [5.74, 6) is -3.66. The van der Waals surface area contributed by atoms with Crippen LogP contribution in [0.25, 0.3) is 42.6 Å². The molecule has 0 aliphatic heterocycles. The van der Waals surface area contributed by atoms with E-state index >= 15 is 0 Å². The number of rotatable bonds is 3. The second-order valence-corrected chi connectivity index (χ2v) is 13.1. The summed E-state index contributed by atoms with van der Waals surface area (Å²) in [6, 6.07) is 15.6. The molecule has 2 aromatic heterocycles. The number of halogens is 6. The van der Waals surface area contributed by atoms with Crippen LogP contribution >= 0.6 is 11.3 Å². The standard InChI is InChI=1S/C34H31F6NS/c1-17-12-18(2)26(19(3)13-17)29-20(4)27-24(31(33(35,36)37)34(38,39)40)16-41-28(30(27)42-29)22-14-21-10-8-9-11-23(21)25(15-22)32(5,6)7/h8-16,31H,1-7H3. The molecule has 0 aliphatic carbocycles. The summed E-state index contributed by atoms with van der Waals surface area (Å²) < 4.78 is 84.9. The molecule has 220 valence electrons. The SMILES string of the molecule is Cc1cc(C)c(-c2sc3c(-c4cc(C(C)(C)C)c5ccccc5c4)ncc(C(C(F)(F)F)C(F)(F)F)c3c2C)c(C)c1. The van der Waals surface area contributed by atoms with Crippen molar-refractivity contribution in [2.45, 2.75) is 72.2 Å². The molecule has 0 fully saturated rings. The molecule has 0 unspecified atom stereocenters. The molecule has 2 heterocycles. The van der Waals surface area contributed by atoms with E-state index in [1.165, 1.54) is 11.3 Å².